The number of nitrogens with one attached hydrogen (secondary N) is 1. The molecule has 1 aromatic carbocycles. The van der Waals surface area contributed by atoms with Gasteiger partial charge >= 0.3 is 0 Å². The summed E-state index contributed by atoms with van der Waals surface area (Å²) in [5.41, 5.74) is 0.787. The van der Waals surface area contributed by atoms with Gasteiger partial charge in [-0.1, -0.05) is 45.4 Å². The number of amides is 1. The largest absolute Gasteiger partial charge is 0.352 e. The molecule has 1 fully saturated rings. The van der Waals surface area contributed by atoms with E-state index in [-0.39, 0.29) is 16.8 Å². The fraction of sp³-hybridized carbons (Fsp3) is 0.609. The molecule has 0 bridgehead atoms. The molecular weight excluding hydrogens is 458 g/mol. The summed E-state index contributed by atoms with van der Waals surface area (Å²) in [6.45, 7) is 9.36. The zero-order valence-corrected chi connectivity index (χ0v) is 21.6. The second-order valence-electron chi connectivity index (χ2n) is 8.39. The van der Waals surface area contributed by atoms with Crippen molar-refractivity contribution < 1.29 is 13.2 Å². The molecule has 33 heavy (non-hydrogen) atoms. The van der Waals surface area contributed by atoms with Gasteiger partial charge in [-0.15, -0.1) is 10.2 Å². The summed E-state index contributed by atoms with van der Waals surface area (Å²) in [6, 6.07) is 7.01. The Labute approximate surface area is 201 Å². The van der Waals surface area contributed by atoms with Crippen molar-refractivity contribution in [3.05, 3.63) is 24.3 Å². The van der Waals surface area contributed by atoms with Crippen molar-refractivity contribution in [2.45, 2.75) is 76.0 Å². The highest BCUT2D eigenvalue weighted by molar-refractivity contribution is 7.99. The van der Waals surface area contributed by atoms with Gasteiger partial charge < -0.3 is 9.88 Å². The molecule has 1 amide bonds. The van der Waals surface area contributed by atoms with Crippen LogP contribution in [0.25, 0.3) is 11.4 Å². The van der Waals surface area contributed by atoms with Crippen molar-refractivity contribution >= 4 is 27.7 Å². The van der Waals surface area contributed by atoms with Crippen LogP contribution in [0.15, 0.2) is 34.3 Å². The lowest BCUT2D eigenvalue weighted by Crippen LogP contribution is -2.41. The van der Waals surface area contributed by atoms with Crippen molar-refractivity contribution in [3.8, 4) is 11.4 Å². The number of nitrogens with zero attached hydrogens (tertiary/aromatic N) is 4. The topological polar surface area (TPSA) is 97.2 Å². The maximum absolute atomic E-state index is 12.7. The van der Waals surface area contributed by atoms with Crippen molar-refractivity contribution in [3.63, 3.8) is 0 Å². The number of hydrogen-bond donors (Lipinski definition) is 1. The maximum Gasteiger partial charge on any atom is 0.243 e. The molecule has 2 aromatic rings. The third-order valence-electron chi connectivity index (χ3n) is 6.28. The number of rotatable bonds is 10. The Bertz CT molecular complexity index is 1030. The Hall–Kier alpha value is -1.91. The Morgan fingerprint density at radius 3 is 2.39 bits per heavy atom. The van der Waals surface area contributed by atoms with E-state index in [2.05, 4.69) is 22.4 Å². The fourth-order valence-electron chi connectivity index (χ4n) is 4.29. The van der Waals surface area contributed by atoms with Gasteiger partial charge in [-0.05, 0) is 49.9 Å². The first kappa shape index (κ1) is 25.7. The maximum atomic E-state index is 12.7. The van der Waals surface area contributed by atoms with Gasteiger partial charge in [-0.3, -0.25) is 4.79 Å². The first-order valence-corrected chi connectivity index (χ1v) is 14.2. The molecule has 1 saturated carbocycles. The molecule has 0 aliphatic heterocycles. The molecule has 8 nitrogen and oxygen atoms in total. The van der Waals surface area contributed by atoms with E-state index in [4.69, 9.17) is 0 Å². The summed E-state index contributed by atoms with van der Waals surface area (Å²) in [7, 11) is -3.50. The van der Waals surface area contributed by atoms with Gasteiger partial charge in [0.1, 0.15) is 0 Å². The molecule has 1 aliphatic rings. The average Bonchev–Trinajstić information content (AvgIpc) is 3.23. The van der Waals surface area contributed by atoms with E-state index in [9.17, 15) is 13.2 Å². The molecule has 2 unspecified atom stereocenters. The van der Waals surface area contributed by atoms with Crippen LogP contribution in [0.2, 0.25) is 0 Å². The van der Waals surface area contributed by atoms with Gasteiger partial charge in [0.05, 0.1) is 10.6 Å². The quantitative estimate of drug-likeness (QED) is 0.506. The highest BCUT2D eigenvalue weighted by Gasteiger charge is 2.24. The average molecular weight is 494 g/mol. The lowest BCUT2D eigenvalue weighted by molar-refractivity contribution is -0.119. The first-order valence-electron chi connectivity index (χ1n) is 11.8. The van der Waals surface area contributed by atoms with Gasteiger partial charge in [0, 0.05) is 31.2 Å². The second kappa shape index (κ2) is 11.5. The van der Waals surface area contributed by atoms with E-state index in [1.165, 1.54) is 35.3 Å². The summed E-state index contributed by atoms with van der Waals surface area (Å²) < 4.78 is 28.9. The molecule has 182 valence electrons. The summed E-state index contributed by atoms with van der Waals surface area (Å²) in [5, 5.41) is 12.5. The minimum atomic E-state index is -3.50. The van der Waals surface area contributed by atoms with Gasteiger partial charge in [0.25, 0.3) is 0 Å². The molecule has 10 heteroatoms. The van der Waals surface area contributed by atoms with E-state index >= 15 is 0 Å². The van der Waals surface area contributed by atoms with Crippen molar-refractivity contribution in [2.75, 3.05) is 18.8 Å². The fourth-order valence-corrected chi connectivity index (χ4v) is 6.56. The Morgan fingerprint density at radius 1 is 1.12 bits per heavy atom. The first-order chi connectivity index (χ1) is 15.8. The number of carbonyl (C=O) groups excluding carboxylic acids is 1. The number of aromatic nitrogens is 3. The van der Waals surface area contributed by atoms with Gasteiger partial charge in [0.2, 0.25) is 15.9 Å². The van der Waals surface area contributed by atoms with Crippen molar-refractivity contribution in [2.24, 2.45) is 5.92 Å². The molecule has 3 rings (SSSR count). The van der Waals surface area contributed by atoms with Crippen LogP contribution in [0.1, 0.15) is 53.4 Å². The SMILES string of the molecule is CCN(CC)S(=O)(=O)c1ccc(-c2nnc(SCC(=O)NC3CCCCC3C)n2CC)cc1. The van der Waals surface area contributed by atoms with E-state index < -0.39 is 10.0 Å². The third-order valence-corrected chi connectivity index (χ3v) is 9.31. The normalized spacial score (nSPS) is 19.1. The second-order valence-corrected chi connectivity index (χ2v) is 11.3. The summed E-state index contributed by atoms with van der Waals surface area (Å²) in [4.78, 5) is 12.8. The number of benzene rings is 1. The van der Waals surface area contributed by atoms with E-state index in [0.29, 0.717) is 42.3 Å². The van der Waals surface area contributed by atoms with Crippen LogP contribution >= 0.6 is 11.8 Å². The van der Waals surface area contributed by atoms with Gasteiger partial charge in [-0.25, -0.2) is 8.42 Å². The minimum absolute atomic E-state index is 0.0249. The summed E-state index contributed by atoms with van der Waals surface area (Å²) in [6.07, 6.45) is 4.63. The lowest BCUT2D eigenvalue weighted by Gasteiger charge is -2.29. The standard InChI is InChI=1S/C23H35N5O3S2/c1-5-27(6-2)33(30,31)19-14-12-18(13-15-19)22-25-26-23(28(22)7-3)32-16-21(29)24-20-11-9-8-10-17(20)4/h12-15,17,20H,5-11,16H2,1-4H3,(H,24,29). The van der Waals surface area contributed by atoms with E-state index in [1.54, 1.807) is 24.3 Å². The lowest BCUT2D eigenvalue weighted by atomic mass is 9.86. The number of hydrogen-bond acceptors (Lipinski definition) is 6. The predicted octanol–water partition coefficient (Wildman–Crippen LogP) is 3.78. The number of sulfonamides is 1. The van der Waals surface area contributed by atoms with Crippen LogP contribution in [0.3, 0.4) is 0 Å². The Morgan fingerprint density at radius 2 is 1.79 bits per heavy atom. The van der Waals surface area contributed by atoms with E-state index in [1.807, 2.05) is 25.3 Å². The third kappa shape index (κ3) is 5.96. The molecular formula is C23H35N5O3S2. The van der Waals surface area contributed by atoms with Crippen LogP contribution in [-0.2, 0) is 21.4 Å². The van der Waals surface area contributed by atoms with Gasteiger partial charge in [0.15, 0.2) is 11.0 Å². The molecule has 0 saturated heterocycles. The monoisotopic (exact) mass is 493 g/mol. The molecule has 1 heterocycles. The molecule has 0 radical (unpaired) electrons. The molecule has 0 spiro atoms. The minimum Gasteiger partial charge on any atom is -0.352 e. The van der Waals surface area contributed by atoms with Crippen LogP contribution in [0.5, 0.6) is 0 Å². The summed E-state index contributed by atoms with van der Waals surface area (Å²) >= 11 is 1.38. The van der Waals surface area contributed by atoms with Gasteiger partial charge in [-0.2, -0.15) is 4.31 Å². The number of carbonyl (C=O) groups is 1. The molecule has 2 atom stereocenters. The zero-order chi connectivity index (χ0) is 24.0. The van der Waals surface area contributed by atoms with Crippen LogP contribution in [0, 0.1) is 5.92 Å². The molecule has 1 aromatic heterocycles. The van der Waals surface area contributed by atoms with E-state index in [0.717, 1.165) is 12.0 Å². The van der Waals surface area contributed by atoms with Crippen molar-refractivity contribution in [1.29, 1.82) is 0 Å². The predicted molar refractivity (Wildman–Crippen MR) is 132 cm³/mol. The number of thioether (sulfide) groups is 1. The van der Waals surface area contributed by atoms with Crippen molar-refractivity contribution in [1.82, 2.24) is 24.4 Å². The summed E-state index contributed by atoms with van der Waals surface area (Å²) in [5.74, 6) is 1.50. The van der Waals surface area contributed by atoms with Crippen LogP contribution < -0.4 is 5.32 Å². The Kier molecular flexibility index (Phi) is 8.95. The highest BCUT2D eigenvalue weighted by atomic mass is 32.2. The van der Waals surface area contributed by atoms with Crippen LogP contribution in [0.4, 0.5) is 0 Å². The van der Waals surface area contributed by atoms with Crippen LogP contribution in [-0.4, -0.2) is 58.3 Å². The Balaban J connectivity index is 1.69. The zero-order valence-electron chi connectivity index (χ0n) is 20.0. The highest BCUT2D eigenvalue weighted by Crippen LogP contribution is 2.27. The smallest absolute Gasteiger partial charge is 0.243 e. The molecule has 1 N–H and O–H groups in total. The molecule has 1 aliphatic carbocycles.